The van der Waals surface area contributed by atoms with Crippen LogP contribution in [0, 0.1) is 0 Å². The van der Waals surface area contributed by atoms with Crippen molar-refractivity contribution in [1.82, 2.24) is 4.90 Å². The predicted molar refractivity (Wildman–Crippen MR) is 68.2 cm³/mol. The highest BCUT2D eigenvalue weighted by molar-refractivity contribution is 9.10. The number of rotatable bonds is 4. The Morgan fingerprint density at radius 3 is 2.50 bits per heavy atom. The Morgan fingerprint density at radius 1 is 1.36 bits per heavy atom. The van der Waals surface area contributed by atoms with Gasteiger partial charge in [0.1, 0.15) is 0 Å². The standard InChI is InChI=1S/C10H13BrClN.ClH/c1-2-13(8-12)7-9-5-3-4-6-10(9)11;/h3-6H,2,7-8H2,1H3;1H. The molecule has 0 unspecified atom stereocenters. The zero-order valence-corrected chi connectivity index (χ0v) is 11.2. The molecule has 1 rings (SSSR count). The molecular formula is C10H14BrCl2N. The van der Waals surface area contributed by atoms with Crippen molar-refractivity contribution < 1.29 is 0 Å². The minimum atomic E-state index is 0. The van der Waals surface area contributed by atoms with Crippen LogP contribution < -0.4 is 0 Å². The Bertz CT molecular complexity index is 264. The van der Waals surface area contributed by atoms with Gasteiger partial charge in [-0.05, 0) is 18.2 Å². The fourth-order valence-electron chi connectivity index (χ4n) is 1.11. The quantitative estimate of drug-likeness (QED) is 0.602. The van der Waals surface area contributed by atoms with Gasteiger partial charge in [0.25, 0.3) is 0 Å². The summed E-state index contributed by atoms with van der Waals surface area (Å²) >= 11 is 9.29. The molecular weight excluding hydrogens is 285 g/mol. The van der Waals surface area contributed by atoms with Crippen molar-refractivity contribution in [2.75, 3.05) is 12.5 Å². The maximum atomic E-state index is 5.78. The van der Waals surface area contributed by atoms with Gasteiger partial charge >= 0.3 is 0 Å². The zero-order valence-electron chi connectivity index (χ0n) is 8.04. The summed E-state index contributed by atoms with van der Waals surface area (Å²) in [6.07, 6.45) is 0. The lowest BCUT2D eigenvalue weighted by Gasteiger charge is -2.17. The molecule has 0 heterocycles. The van der Waals surface area contributed by atoms with E-state index in [-0.39, 0.29) is 12.4 Å². The first-order valence-corrected chi connectivity index (χ1v) is 5.62. The van der Waals surface area contributed by atoms with Crippen molar-refractivity contribution in [3.63, 3.8) is 0 Å². The Morgan fingerprint density at radius 2 is 2.00 bits per heavy atom. The van der Waals surface area contributed by atoms with E-state index in [1.165, 1.54) is 5.56 Å². The predicted octanol–water partition coefficient (Wildman–Crippen LogP) is 3.89. The van der Waals surface area contributed by atoms with E-state index in [4.69, 9.17) is 11.6 Å². The highest BCUT2D eigenvalue weighted by Gasteiger charge is 2.03. The number of benzene rings is 1. The second-order valence-corrected chi connectivity index (χ2v) is 3.95. The van der Waals surface area contributed by atoms with Gasteiger partial charge in [-0.1, -0.05) is 41.1 Å². The molecule has 80 valence electrons. The lowest BCUT2D eigenvalue weighted by molar-refractivity contribution is 0.327. The first-order valence-electron chi connectivity index (χ1n) is 4.29. The van der Waals surface area contributed by atoms with Crippen molar-refractivity contribution in [2.45, 2.75) is 13.5 Å². The van der Waals surface area contributed by atoms with Crippen LogP contribution in [-0.2, 0) is 6.54 Å². The van der Waals surface area contributed by atoms with Gasteiger partial charge in [-0.3, -0.25) is 4.90 Å². The van der Waals surface area contributed by atoms with Crippen LogP contribution in [-0.4, -0.2) is 17.4 Å². The maximum absolute atomic E-state index is 5.78. The normalized spacial score (nSPS) is 10.0. The molecule has 0 amide bonds. The number of nitrogens with zero attached hydrogens (tertiary/aromatic N) is 1. The van der Waals surface area contributed by atoms with Crippen LogP contribution in [0.3, 0.4) is 0 Å². The van der Waals surface area contributed by atoms with Gasteiger partial charge in [-0.15, -0.1) is 24.0 Å². The average molecular weight is 299 g/mol. The Hall–Kier alpha value is 0.240. The van der Waals surface area contributed by atoms with E-state index in [0.29, 0.717) is 6.00 Å². The number of hydrogen-bond acceptors (Lipinski definition) is 1. The summed E-state index contributed by atoms with van der Waals surface area (Å²) in [5.74, 6) is 0. The molecule has 0 aliphatic rings. The minimum Gasteiger partial charge on any atom is -0.286 e. The molecule has 0 atom stereocenters. The minimum absolute atomic E-state index is 0. The average Bonchev–Trinajstić information content (AvgIpc) is 2.17. The van der Waals surface area contributed by atoms with E-state index >= 15 is 0 Å². The van der Waals surface area contributed by atoms with Crippen molar-refractivity contribution in [1.29, 1.82) is 0 Å². The van der Waals surface area contributed by atoms with E-state index in [1.54, 1.807) is 0 Å². The van der Waals surface area contributed by atoms with Crippen LogP contribution >= 0.6 is 39.9 Å². The summed E-state index contributed by atoms with van der Waals surface area (Å²) in [4.78, 5) is 2.17. The van der Waals surface area contributed by atoms with E-state index in [9.17, 15) is 0 Å². The third-order valence-corrected chi connectivity index (χ3v) is 3.08. The molecule has 1 aromatic rings. The summed E-state index contributed by atoms with van der Waals surface area (Å²) in [5.41, 5.74) is 1.28. The van der Waals surface area contributed by atoms with E-state index in [0.717, 1.165) is 17.6 Å². The molecule has 0 saturated carbocycles. The van der Waals surface area contributed by atoms with Gasteiger partial charge in [-0.2, -0.15) is 0 Å². The second-order valence-electron chi connectivity index (χ2n) is 2.86. The molecule has 14 heavy (non-hydrogen) atoms. The first kappa shape index (κ1) is 14.2. The van der Waals surface area contributed by atoms with Crippen molar-refractivity contribution in [3.8, 4) is 0 Å². The van der Waals surface area contributed by atoms with Crippen molar-refractivity contribution in [2.24, 2.45) is 0 Å². The number of hydrogen-bond donors (Lipinski definition) is 0. The van der Waals surface area contributed by atoms with Gasteiger partial charge in [0.05, 0.1) is 6.00 Å². The maximum Gasteiger partial charge on any atom is 0.0741 e. The van der Waals surface area contributed by atoms with Crippen molar-refractivity contribution >= 4 is 39.9 Å². The summed E-state index contributed by atoms with van der Waals surface area (Å²) < 4.78 is 1.15. The third-order valence-electron chi connectivity index (χ3n) is 1.97. The van der Waals surface area contributed by atoms with Gasteiger partial charge in [0.15, 0.2) is 0 Å². The molecule has 0 radical (unpaired) electrons. The summed E-state index contributed by atoms with van der Waals surface area (Å²) in [6.45, 7) is 3.99. The number of alkyl halides is 1. The van der Waals surface area contributed by atoms with Gasteiger partial charge < -0.3 is 0 Å². The molecule has 4 heteroatoms. The molecule has 1 nitrogen and oxygen atoms in total. The molecule has 0 N–H and O–H groups in total. The highest BCUT2D eigenvalue weighted by Crippen LogP contribution is 2.17. The van der Waals surface area contributed by atoms with Crippen LogP contribution in [0.1, 0.15) is 12.5 Å². The molecule has 0 spiro atoms. The lowest BCUT2D eigenvalue weighted by Crippen LogP contribution is -2.21. The molecule has 0 aliphatic carbocycles. The molecule has 0 bridgehead atoms. The van der Waals surface area contributed by atoms with Crippen molar-refractivity contribution in [3.05, 3.63) is 34.3 Å². The smallest absolute Gasteiger partial charge is 0.0741 e. The van der Waals surface area contributed by atoms with Gasteiger partial charge in [0, 0.05) is 11.0 Å². The van der Waals surface area contributed by atoms with Gasteiger partial charge in [0.2, 0.25) is 0 Å². The monoisotopic (exact) mass is 297 g/mol. The fraction of sp³-hybridized carbons (Fsp3) is 0.400. The lowest BCUT2D eigenvalue weighted by atomic mass is 10.2. The Labute approximate surface area is 105 Å². The molecule has 0 aromatic heterocycles. The highest BCUT2D eigenvalue weighted by atomic mass is 79.9. The second kappa shape index (κ2) is 7.52. The summed E-state index contributed by atoms with van der Waals surface area (Å²) in [6, 6.07) is 8.81. The largest absolute Gasteiger partial charge is 0.286 e. The van der Waals surface area contributed by atoms with E-state index in [2.05, 4.69) is 39.9 Å². The fourth-order valence-corrected chi connectivity index (χ4v) is 1.77. The Balaban J connectivity index is 0.00000169. The number of halogens is 3. The zero-order chi connectivity index (χ0) is 9.68. The van der Waals surface area contributed by atoms with Crippen LogP contribution in [0.25, 0.3) is 0 Å². The third kappa shape index (κ3) is 4.18. The van der Waals surface area contributed by atoms with E-state index < -0.39 is 0 Å². The first-order chi connectivity index (χ1) is 6.27. The molecule has 0 saturated heterocycles. The van der Waals surface area contributed by atoms with E-state index in [1.807, 2.05) is 12.1 Å². The molecule has 1 aromatic carbocycles. The van der Waals surface area contributed by atoms with Gasteiger partial charge in [-0.25, -0.2) is 0 Å². The molecule has 0 aliphatic heterocycles. The summed E-state index contributed by atoms with van der Waals surface area (Å²) in [7, 11) is 0. The van der Waals surface area contributed by atoms with Crippen LogP contribution in [0.5, 0.6) is 0 Å². The van der Waals surface area contributed by atoms with Crippen LogP contribution in [0.2, 0.25) is 0 Å². The molecule has 0 fully saturated rings. The van der Waals surface area contributed by atoms with Crippen LogP contribution in [0.15, 0.2) is 28.7 Å². The van der Waals surface area contributed by atoms with Crippen LogP contribution in [0.4, 0.5) is 0 Å². The SMILES string of the molecule is CCN(CCl)Cc1ccccc1Br.Cl. The summed E-state index contributed by atoms with van der Waals surface area (Å²) in [5, 5.41) is 0. The Kier molecular flexibility index (Phi) is 7.65. The topological polar surface area (TPSA) is 3.24 Å².